The summed E-state index contributed by atoms with van der Waals surface area (Å²) in [6, 6.07) is 13.1. The van der Waals surface area contributed by atoms with Crippen molar-refractivity contribution in [2.75, 3.05) is 11.9 Å². The number of carbonyl (C=O) groups is 1. The predicted octanol–water partition coefficient (Wildman–Crippen LogP) is 4.32. The van der Waals surface area contributed by atoms with Crippen LogP contribution in [0.2, 0.25) is 5.02 Å². The number of carbonyl (C=O) groups excluding carboxylic acids is 1. The van der Waals surface area contributed by atoms with E-state index in [1.165, 1.54) is 12.1 Å². The lowest BCUT2D eigenvalue weighted by Gasteiger charge is -2.07. The van der Waals surface area contributed by atoms with Crippen LogP contribution < -0.4 is 10.1 Å². The highest BCUT2D eigenvalue weighted by molar-refractivity contribution is 6.33. The standard InChI is InChI=1S/C18H15ClFN3O2/c1-2-25-16-11-23(13-6-4-3-5-7-13)22-17(16)18(24)21-15-9-8-12(20)10-14(15)19/h3-11H,2H2,1H3,(H,21,24). The van der Waals surface area contributed by atoms with E-state index in [9.17, 15) is 9.18 Å². The Bertz CT molecular complexity index is 897. The maximum atomic E-state index is 13.1. The molecule has 3 aromatic rings. The Labute approximate surface area is 149 Å². The molecule has 0 aliphatic rings. The van der Waals surface area contributed by atoms with Crippen molar-refractivity contribution < 1.29 is 13.9 Å². The van der Waals surface area contributed by atoms with Crippen molar-refractivity contribution in [2.24, 2.45) is 0 Å². The monoisotopic (exact) mass is 359 g/mol. The summed E-state index contributed by atoms with van der Waals surface area (Å²) in [5.41, 5.74) is 1.21. The topological polar surface area (TPSA) is 56.2 Å². The Morgan fingerprint density at radius 3 is 2.72 bits per heavy atom. The van der Waals surface area contributed by atoms with Gasteiger partial charge in [-0.05, 0) is 37.3 Å². The highest BCUT2D eigenvalue weighted by Crippen LogP contribution is 2.25. The summed E-state index contributed by atoms with van der Waals surface area (Å²) in [5.74, 6) is -0.625. The molecule has 1 heterocycles. The van der Waals surface area contributed by atoms with Crippen LogP contribution >= 0.6 is 11.6 Å². The number of nitrogens with zero attached hydrogens (tertiary/aromatic N) is 2. The molecule has 1 aromatic heterocycles. The van der Waals surface area contributed by atoms with E-state index in [0.717, 1.165) is 11.8 Å². The van der Waals surface area contributed by atoms with Gasteiger partial charge in [-0.3, -0.25) is 4.79 Å². The van der Waals surface area contributed by atoms with Gasteiger partial charge in [0, 0.05) is 0 Å². The molecule has 1 N–H and O–H groups in total. The van der Waals surface area contributed by atoms with Crippen LogP contribution in [-0.2, 0) is 0 Å². The van der Waals surface area contributed by atoms with Crippen LogP contribution in [0.1, 0.15) is 17.4 Å². The Balaban J connectivity index is 1.92. The van der Waals surface area contributed by atoms with Gasteiger partial charge in [-0.15, -0.1) is 0 Å². The number of aromatic nitrogens is 2. The summed E-state index contributed by atoms with van der Waals surface area (Å²) in [6.07, 6.45) is 1.64. The molecule has 2 aromatic carbocycles. The minimum absolute atomic E-state index is 0.105. The third-order valence-corrected chi connectivity index (χ3v) is 3.71. The number of nitrogens with one attached hydrogen (secondary N) is 1. The molecule has 128 valence electrons. The van der Waals surface area contributed by atoms with E-state index in [0.29, 0.717) is 18.0 Å². The zero-order valence-corrected chi connectivity index (χ0v) is 14.1. The number of amides is 1. The van der Waals surface area contributed by atoms with Crippen LogP contribution in [0, 0.1) is 5.82 Å². The number of halogens is 2. The van der Waals surface area contributed by atoms with Gasteiger partial charge in [-0.2, -0.15) is 5.10 Å². The fraction of sp³-hybridized carbons (Fsp3) is 0.111. The summed E-state index contributed by atoms with van der Waals surface area (Å²) < 4.78 is 20.2. The second kappa shape index (κ2) is 7.36. The van der Waals surface area contributed by atoms with E-state index in [2.05, 4.69) is 10.4 Å². The molecule has 3 rings (SSSR count). The van der Waals surface area contributed by atoms with E-state index in [4.69, 9.17) is 16.3 Å². The normalized spacial score (nSPS) is 10.5. The summed E-state index contributed by atoms with van der Waals surface area (Å²) in [6.45, 7) is 2.20. The van der Waals surface area contributed by atoms with Crippen molar-refractivity contribution in [2.45, 2.75) is 6.92 Å². The summed E-state index contributed by atoms with van der Waals surface area (Å²) in [4.78, 5) is 12.6. The quantitative estimate of drug-likeness (QED) is 0.738. The number of hydrogen-bond acceptors (Lipinski definition) is 3. The number of rotatable bonds is 5. The van der Waals surface area contributed by atoms with Crippen molar-refractivity contribution in [1.82, 2.24) is 9.78 Å². The van der Waals surface area contributed by atoms with Gasteiger partial charge < -0.3 is 10.1 Å². The smallest absolute Gasteiger partial charge is 0.280 e. The van der Waals surface area contributed by atoms with E-state index in [-0.39, 0.29) is 10.7 Å². The first-order valence-electron chi connectivity index (χ1n) is 7.62. The van der Waals surface area contributed by atoms with Gasteiger partial charge in [-0.1, -0.05) is 29.8 Å². The van der Waals surface area contributed by atoms with Gasteiger partial charge in [0.15, 0.2) is 11.4 Å². The summed E-state index contributed by atoms with van der Waals surface area (Å²) in [5, 5.41) is 7.03. The molecular formula is C18H15ClFN3O2. The molecule has 7 heteroatoms. The Hall–Kier alpha value is -2.86. The van der Waals surface area contributed by atoms with Crippen LogP contribution in [0.3, 0.4) is 0 Å². The van der Waals surface area contributed by atoms with Crippen molar-refractivity contribution >= 4 is 23.2 Å². The van der Waals surface area contributed by atoms with Crippen molar-refractivity contribution in [1.29, 1.82) is 0 Å². The molecular weight excluding hydrogens is 345 g/mol. The molecule has 0 aliphatic carbocycles. The van der Waals surface area contributed by atoms with Gasteiger partial charge >= 0.3 is 0 Å². The van der Waals surface area contributed by atoms with Gasteiger partial charge in [-0.25, -0.2) is 9.07 Å². The second-order valence-electron chi connectivity index (χ2n) is 5.13. The maximum absolute atomic E-state index is 13.1. The molecule has 0 radical (unpaired) electrons. The molecule has 25 heavy (non-hydrogen) atoms. The number of ether oxygens (including phenoxy) is 1. The van der Waals surface area contributed by atoms with Gasteiger partial charge in [0.05, 0.1) is 29.2 Å². The van der Waals surface area contributed by atoms with Crippen molar-refractivity contribution in [3.8, 4) is 11.4 Å². The molecule has 0 spiro atoms. The van der Waals surface area contributed by atoms with E-state index < -0.39 is 11.7 Å². The molecule has 0 saturated carbocycles. The maximum Gasteiger partial charge on any atom is 0.280 e. The zero-order valence-electron chi connectivity index (χ0n) is 13.4. The first kappa shape index (κ1) is 17.0. The zero-order chi connectivity index (χ0) is 17.8. The van der Waals surface area contributed by atoms with Crippen LogP contribution in [0.15, 0.2) is 54.7 Å². The van der Waals surface area contributed by atoms with Crippen LogP contribution in [0.4, 0.5) is 10.1 Å². The van der Waals surface area contributed by atoms with E-state index in [1.54, 1.807) is 10.9 Å². The third-order valence-electron chi connectivity index (χ3n) is 3.40. The van der Waals surface area contributed by atoms with Crippen molar-refractivity contribution in [3.05, 3.63) is 71.3 Å². The van der Waals surface area contributed by atoms with Crippen LogP contribution in [0.5, 0.6) is 5.75 Å². The molecule has 1 amide bonds. The highest BCUT2D eigenvalue weighted by atomic mass is 35.5. The molecule has 0 unspecified atom stereocenters. The highest BCUT2D eigenvalue weighted by Gasteiger charge is 2.20. The Morgan fingerprint density at radius 2 is 2.04 bits per heavy atom. The number of anilines is 1. The lowest BCUT2D eigenvalue weighted by atomic mass is 10.3. The fourth-order valence-corrected chi connectivity index (χ4v) is 2.48. The number of hydrogen-bond donors (Lipinski definition) is 1. The molecule has 0 saturated heterocycles. The summed E-state index contributed by atoms with van der Waals surface area (Å²) >= 11 is 5.95. The molecule has 0 aliphatic heterocycles. The lowest BCUT2D eigenvalue weighted by Crippen LogP contribution is -2.15. The molecule has 0 bridgehead atoms. The number of para-hydroxylation sites is 1. The molecule has 5 nitrogen and oxygen atoms in total. The predicted molar refractivity (Wildman–Crippen MR) is 94.1 cm³/mol. The Kier molecular flexibility index (Phi) is 5.00. The minimum Gasteiger partial charge on any atom is -0.490 e. The third kappa shape index (κ3) is 3.80. The lowest BCUT2D eigenvalue weighted by molar-refractivity contribution is 0.101. The summed E-state index contributed by atoms with van der Waals surface area (Å²) in [7, 11) is 0. The van der Waals surface area contributed by atoms with Crippen LogP contribution in [-0.4, -0.2) is 22.3 Å². The Morgan fingerprint density at radius 1 is 1.28 bits per heavy atom. The first-order valence-corrected chi connectivity index (χ1v) is 8.00. The minimum atomic E-state index is -0.494. The van der Waals surface area contributed by atoms with Crippen molar-refractivity contribution in [3.63, 3.8) is 0 Å². The van der Waals surface area contributed by atoms with E-state index in [1.807, 2.05) is 37.3 Å². The second-order valence-corrected chi connectivity index (χ2v) is 5.54. The van der Waals surface area contributed by atoms with Gasteiger partial charge in [0.25, 0.3) is 5.91 Å². The fourth-order valence-electron chi connectivity index (χ4n) is 2.26. The SMILES string of the molecule is CCOc1cn(-c2ccccc2)nc1C(=O)Nc1ccc(F)cc1Cl. The first-order chi connectivity index (χ1) is 12.1. The van der Waals surface area contributed by atoms with Gasteiger partial charge in [0.2, 0.25) is 0 Å². The number of benzene rings is 2. The molecule has 0 fully saturated rings. The van der Waals surface area contributed by atoms with Gasteiger partial charge in [0.1, 0.15) is 5.82 Å². The average Bonchev–Trinajstić information content (AvgIpc) is 3.03. The largest absolute Gasteiger partial charge is 0.490 e. The van der Waals surface area contributed by atoms with Crippen LogP contribution in [0.25, 0.3) is 5.69 Å². The molecule has 0 atom stereocenters. The average molecular weight is 360 g/mol. The van der Waals surface area contributed by atoms with E-state index >= 15 is 0 Å².